The minimum absolute atomic E-state index is 0.455. The molecule has 4 nitrogen and oxygen atoms in total. The van der Waals surface area contributed by atoms with Gasteiger partial charge >= 0.3 is 0 Å². The summed E-state index contributed by atoms with van der Waals surface area (Å²) in [6.07, 6.45) is 3.68. The highest BCUT2D eigenvalue weighted by molar-refractivity contribution is 7.15. The molecule has 0 bridgehead atoms. The van der Waals surface area contributed by atoms with E-state index in [0.717, 1.165) is 17.2 Å². The van der Waals surface area contributed by atoms with Crippen LogP contribution in [0.4, 0.5) is 0 Å². The first kappa shape index (κ1) is 12.3. The molecule has 92 valence electrons. The molecule has 0 amide bonds. The molecule has 0 radical (unpaired) electrons. The van der Waals surface area contributed by atoms with Crippen molar-refractivity contribution in [1.82, 2.24) is 19.9 Å². The minimum Gasteiger partial charge on any atom is -0.332 e. The number of nitrogens with one attached hydrogen (secondary N) is 1. The highest BCUT2D eigenvalue weighted by Gasteiger charge is 2.16. The summed E-state index contributed by atoms with van der Waals surface area (Å²) >= 11 is 1.75. The van der Waals surface area contributed by atoms with Crippen molar-refractivity contribution in [3.63, 3.8) is 0 Å². The molecular formula is C12H18N4S. The summed E-state index contributed by atoms with van der Waals surface area (Å²) in [5.74, 6) is 0.455. The van der Waals surface area contributed by atoms with Gasteiger partial charge in [-0.3, -0.25) is 0 Å². The number of hydrogen-bond acceptors (Lipinski definition) is 4. The lowest BCUT2D eigenvalue weighted by Crippen LogP contribution is -2.06. The van der Waals surface area contributed by atoms with E-state index in [1.54, 1.807) is 11.3 Å². The van der Waals surface area contributed by atoms with Gasteiger partial charge in [0.25, 0.3) is 0 Å². The average Bonchev–Trinajstić information content (AvgIpc) is 2.84. The van der Waals surface area contributed by atoms with Crippen LogP contribution in [0.2, 0.25) is 0 Å². The molecule has 0 aromatic carbocycles. The molecule has 0 aliphatic carbocycles. The third-order valence-corrected chi connectivity index (χ3v) is 3.74. The van der Waals surface area contributed by atoms with Gasteiger partial charge in [0.2, 0.25) is 0 Å². The summed E-state index contributed by atoms with van der Waals surface area (Å²) in [6.45, 7) is 5.24. The predicted molar refractivity (Wildman–Crippen MR) is 71.2 cm³/mol. The lowest BCUT2D eigenvalue weighted by Gasteiger charge is -2.03. The van der Waals surface area contributed by atoms with Gasteiger partial charge < -0.3 is 9.88 Å². The van der Waals surface area contributed by atoms with Crippen LogP contribution < -0.4 is 5.32 Å². The van der Waals surface area contributed by atoms with Crippen LogP contribution in [-0.2, 0) is 13.6 Å². The zero-order chi connectivity index (χ0) is 12.4. The van der Waals surface area contributed by atoms with E-state index in [1.807, 2.05) is 31.2 Å². The van der Waals surface area contributed by atoms with Gasteiger partial charge in [-0.25, -0.2) is 9.97 Å². The van der Waals surface area contributed by atoms with Crippen LogP contribution in [0.1, 0.15) is 30.3 Å². The quantitative estimate of drug-likeness (QED) is 0.906. The van der Waals surface area contributed by atoms with Gasteiger partial charge in [-0.15, -0.1) is 11.3 Å². The maximum absolute atomic E-state index is 4.75. The van der Waals surface area contributed by atoms with Gasteiger partial charge in [-0.05, 0) is 13.0 Å². The molecule has 2 heterocycles. The Morgan fingerprint density at radius 2 is 2.24 bits per heavy atom. The van der Waals surface area contributed by atoms with Gasteiger partial charge in [0.1, 0.15) is 5.01 Å². The second kappa shape index (κ2) is 4.98. The number of aromatic nitrogens is 3. The fourth-order valence-electron chi connectivity index (χ4n) is 1.77. The van der Waals surface area contributed by atoms with Crippen molar-refractivity contribution in [3.8, 4) is 10.7 Å². The third kappa shape index (κ3) is 2.40. The topological polar surface area (TPSA) is 42.7 Å². The first-order valence-electron chi connectivity index (χ1n) is 5.74. The molecule has 0 spiro atoms. The van der Waals surface area contributed by atoms with E-state index in [2.05, 4.69) is 24.1 Å². The monoisotopic (exact) mass is 250 g/mol. The summed E-state index contributed by atoms with van der Waals surface area (Å²) in [5.41, 5.74) is 2.28. The Morgan fingerprint density at radius 1 is 1.47 bits per heavy atom. The van der Waals surface area contributed by atoms with Crippen molar-refractivity contribution in [2.24, 2.45) is 7.05 Å². The molecule has 0 saturated carbocycles. The summed E-state index contributed by atoms with van der Waals surface area (Å²) in [6, 6.07) is 0. The molecule has 17 heavy (non-hydrogen) atoms. The Labute approximate surface area is 106 Å². The summed E-state index contributed by atoms with van der Waals surface area (Å²) in [4.78, 5) is 10.2. The lowest BCUT2D eigenvalue weighted by atomic mass is 10.1. The maximum Gasteiger partial charge on any atom is 0.142 e. The highest BCUT2D eigenvalue weighted by atomic mass is 32.1. The van der Waals surface area contributed by atoms with Crippen molar-refractivity contribution < 1.29 is 0 Å². The fraction of sp³-hybridized carbons (Fsp3) is 0.500. The number of nitrogens with zero attached hydrogens (tertiary/aromatic N) is 3. The average molecular weight is 250 g/mol. The van der Waals surface area contributed by atoms with Crippen molar-refractivity contribution in [2.75, 3.05) is 7.05 Å². The normalized spacial score (nSPS) is 11.4. The van der Waals surface area contributed by atoms with Gasteiger partial charge in [-0.2, -0.15) is 0 Å². The van der Waals surface area contributed by atoms with Crippen molar-refractivity contribution in [3.05, 3.63) is 23.1 Å². The van der Waals surface area contributed by atoms with Gasteiger partial charge in [-0.1, -0.05) is 13.8 Å². The molecule has 5 heteroatoms. The number of aryl methyl sites for hydroxylation is 1. The van der Waals surface area contributed by atoms with Crippen LogP contribution in [-0.4, -0.2) is 21.6 Å². The van der Waals surface area contributed by atoms with Gasteiger partial charge in [0.15, 0.2) is 0 Å². The van der Waals surface area contributed by atoms with Crippen molar-refractivity contribution in [1.29, 1.82) is 0 Å². The molecular weight excluding hydrogens is 232 g/mol. The van der Waals surface area contributed by atoms with E-state index >= 15 is 0 Å². The second-order valence-electron chi connectivity index (χ2n) is 4.40. The molecule has 2 rings (SSSR count). The van der Waals surface area contributed by atoms with Gasteiger partial charge in [0, 0.05) is 18.5 Å². The number of hydrogen-bond donors (Lipinski definition) is 1. The number of imidazole rings is 1. The molecule has 1 N–H and O–H groups in total. The van der Waals surface area contributed by atoms with E-state index in [0.29, 0.717) is 5.92 Å². The first-order valence-corrected chi connectivity index (χ1v) is 6.56. The Morgan fingerprint density at radius 3 is 2.76 bits per heavy atom. The third-order valence-electron chi connectivity index (χ3n) is 2.65. The summed E-state index contributed by atoms with van der Waals surface area (Å²) < 4.78 is 2.01. The Bertz CT molecular complexity index is 498. The molecule has 0 atom stereocenters. The Balaban J connectivity index is 2.43. The van der Waals surface area contributed by atoms with Crippen LogP contribution in [0.5, 0.6) is 0 Å². The SMILES string of the molecule is CNCc1sc(-c2cncn2C)nc1C(C)C. The number of rotatable bonds is 4. The van der Waals surface area contributed by atoms with E-state index in [1.165, 1.54) is 10.6 Å². The first-order chi connectivity index (χ1) is 8.13. The van der Waals surface area contributed by atoms with Crippen LogP contribution in [0.15, 0.2) is 12.5 Å². The summed E-state index contributed by atoms with van der Waals surface area (Å²) in [7, 11) is 3.96. The predicted octanol–water partition coefficient (Wildman–Crippen LogP) is 2.39. The molecule has 0 saturated heterocycles. The molecule has 2 aromatic heterocycles. The maximum atomic E-state index is 4.75. The molecule has 0 fully saturated rings. The molecule has 0 aliphatic heterocycles. The van der Waals surface area contributed by atoms with E-state index in [-0.39, 0.29) is 0 Å². The standard InChI is InChI=1S/C12H18N4S/c1-8(2)11-10(6-13-3)17-12(15-11)9-5-14-7-16(9)4/h5,7-8,13H,6H2,1-4H3. The smallest absolute Gasteiger partial charge is 0.142 e. The summed E-state index contributed by atoms with van der Waals surface area (Å²) in [5, 5.41) is 4.26. The van der Waals surface area contributed by atoms with E-state index in [4.69, 9.17) is 4.98 Å². The van der Waals surface area contributed by atoms with Crippen LogP contribution in [0.25, 0.3) is 10.7 Å². The minimum atomic E-state index is 0.455. The largest absolute Gasteiger partial charge is 0.332 e. The molecule has 2 aromatic rings. The zero-order valence-electron chi connectivity index (χ0n) is 10.7. The van der Waals surface area contributed by atoms with Crippen LogP contribution >= 0.6 is 11.3 Å². The van der Waals surface area contributed by atoms with Crippen molar-refractivity contribution in [2.45, 2.75) is 26.3 Å². The Kier molecular flexibility index (Phi) is 3.59. The highest BCUT2D eigenvalue weighted by Crippen LogP contribution is 2.31. The number of thiazole rings is 1. The molecule has 0 aliphatic rings. The Hall–Kier alpha value is -1.20. The lowest BCUT2D eigenvalue weighted by molar-refractivity contribution is 0.771. The zero-order valence-corrected chi connectivity index (χ0v) is 11.5. The van der Waals surface area contributed by atoms with Crippen LogP contribution in [0.3, 0.4) is 0 Å². The van der Waals surface area contributed by atoms with Gasteiger partial charge in [0.05, 0.1) is 23.9 Å². The van der Waals surface area contributed by atoms with Crippen LogP contribution in [0, 0.1) is 0 Å². The second-order valence-corrected chi connectivity index (χ2v) is 5.49. The van der Waals surface area contributed by atoms with E-state index in [9.17, 15) is 0 Å². The fourth-order valence-corrected chi connectivity index (χ4v) is 3.06. The van der Waals surface area contributed by atoms with E-state index < -0.39 is 0 Å². The van der Waals surface area contributed by atoms with Crippen molar-refractivity contribution >= 4 is 11.3 Å². The molecule has 0 unspecified atom stereocenters.